The summed E-state index contributed by atoms with van der Waals surface area (Å²) >= 11 is 0. The second-order valence-electron chi connectivity index (χ2n) is 6.04. The van der Waals surface area contributed by atoms with E-state index in [2.05, 4.69) is 11.8 Å². The number of hydrogen-bond acceptors (Lipinski definition) is 3. The van der Waals surface area contributed by atoms with Crippen LogP contribution >= 0.6 is 0 Å². The van der Waals surface area contributed by atoms with Crippen molar-refractivity contribution >= 4 is 5.97 Å². The normalized spacial score (nSPS) is 32.4. The van der Waals surface area contributed by atoms with Crippen LogP contribution in [0.3, 0.4) is 0 Å². The quantitative estimate of drug-likeness (QED) is 0.724. The van der Waals surface area contributed by atoms with Gasteiger partial charge in [-0.1, -0.05) is 19.8 Å². The highest BCUT2D eigenvalue weighted by molar-refractivity contribution is 5.72. The zero-order valence-electron chi connectivity index (χ0n) is 12.0. The molecule has 1 heterocycles. The van der Waals surface area contributed by atoms with Gasteiger partial charge in [-0.05, 0) is 45.1 Å². The van der Waals surface area contributed by atoms with Crippen LogP contribution in [0.2, 0.25) is 0 Å². The molecule has 3 nitrogen and oxygen atoms in total. The summed E-state index contributed by atoms with van der Waals surface area (Å²) in [5, 5.41) is 0. The van der Waals surface area contributed by atoms with E-state index in [9.17, 15) is 4.79 Å². The van der Waals surface area contributed by atoms with Crippen LogP contribution in [0.1, 0.15) is 52.4 Å². The molecule has 0 radical (unpaired) electrons. The molecule has 1 saturated heterocycles. The van der Waals surface area contributed by atoms with Crippen LogP contribution < -0.4 is 0 Å². The van der Waals surface area contributed by atoms with Gasteiger partial charge in [0.2, 0.25) is 0 Å². The van der Waals surface area contributed by atoms with E-state index in [-0.39, 0.29) is 11.9 Å². The summed E-state index contributed by atoms with van der Waals surface area (Å²) < 4.78 is 4.89. The molecule has 4 atom stereocenters. The van der Waals surface area contributed by atoms with E-state index >= 15 is 0 Å². The van der Waals surface area contributed by atoms with Gasteiger partial charge >= 0.3 is 5.97 Å². The largest absolute Gasteiger partial charge is 0.469 e. The average Bonchev–Trinajstić information content (AvgIpc) is 2.44. The standard InChI is InChI=1S/C15H27NO2/c1-11(15(17)18-3)12(2)16-10-6-8-13-7-4-5-9-14(13)16/h11-14H,4-10H2,1-3H3/t11?,12?,13-,14-/m1/s1. The van der Waals surface area contributed by atoms with Crippen molar-refractivity contribution in [2.75, 3.05) is 13.7 Å². The second kappa shape index (κ2) is 6.05. The van der Waals surface area contributed by atoms with Gasteiger partial charge in [-0.3, -0.25) is 9.69 Å². The molecule has 0 aromatic heterocycles. The van der Waals surface area contributed by atoms with Crippen molar-refractivity contribution < 1.29 is 9.53 Å². The van der Waals surface area contributed by atoms with Crippen molar-refractivity contribution in [1.29, 1.82) is 0 Å². The van der Waals surface area contributed by atoms with Gasteiger partial charge in [-0.2, -0.15) is 0 Å². The molecule has 2 unspecified atom stereocenters. The number of rotatable bonds is 3. The van der Waals surface area contributed by atoms with Crippen LogP contribution in [-0.4, -0.2) is 36.6 Å². The summed E-state index contributed by atoms with van der Waals surface area (Å²) in [6.45, 7) is 5.35. The molecule has 1 aliphatic heterocycles. The van der Waals surface area contributed by atoms with Crippen LogP contribution in [-0.2, 0) is 9.53 Å². The van der Waals surface area contributed by atoms with E-state index < -0.39 is 0 Å². The first-order valence-corrected chi connectivity index (χ1v) is 7.48. The molecule has 3 heteroatoms. The molecule has 0 N–H and O–H groups in total. The number of ether oxygens (including phenoxy) is 1. The summed E-state index contributed by atoms with van der Waals surface area (Å²) in [6, 6.07) is 1.03. The smallest absolute Gasteiger partial charge is 0.309 e. The number of carbonyl (C=O) groups excluding carboxylic acids is 1. The predicted molar refractivity (Wildman–Crippen MR) is 72.3 cm³/mol. The Morgan fingerprint density at radius 3 is 2.56 bits per heavy atom. The molecule has 2 aliphatic rings. The number of esters is 1. The molecule has 2 rings (SSSR count). The van der Waals surface area contributed by atoms with Gasteiger partial charge in [0.1, 0.15) is 0 Å². The lowest BCUT2D eigenvalue weighted by Crippen LogP contribution is -2.53. The molecule has 1 aliphatic carbocycles. The topological polar surface area (TPSA) is 29.5 Å². The lowest BCUT2D eigenvalue weighted by molar-refractivity contribution is -0.148. The fourth-order valence-corrected chi connectivity index (χ4v) is 3.84. The number of likely N-dealkylation sites (tertiary alicyclic amines) is 1. The molecule has 0 bridgehead atoms. The van der Waals surface area contributed by atoms with E-state index in [1.54, 1.807) is 0 Å². The molecule has 1 saturated carbocycles. The maximum atomic E-state index is 11.7. The van der Waals surface area contributed by atoms with Crippen LogP contribution in [0, 0.1) is 11.8 Å². The molecule has 2 fully saturated rings. The second-order valence-corrected chi connectivity index (χ2v) is 6.04. The minimum Gasteiger partial charge on any atom is -0.469 e. The van der Waals surface area contributed by atoms with E-state index in [0.717, 1.165) is 18.5 Å². The number of nitrogens with zero attached hydrogens (tertiary/aromatic N) is 1. The third-order valence-corrected chi connectivity index (χ3v) is 5.11. The van der Waals surface area contributed by atoms with Gasteiger partial charge in [0, 0.05) is 12.1 Å². The molecule has 0 spiro atoms. The monoisotopic (exact) mass is 253 g/mol. The van der Waals surface area contributed by atoms with E-state index in [1.165, 1.54) is 45.6 Å². The first-order valence-electron chi connectivity index (χ1n) is 7.48. The van der Waals surface area contributed by atoms with Crippen molar-refractivity contribution in [3.63, 3.8) is 0 Å². The van der Waals surface area contributed by atoms with Gasteiger partial charge < -0.3 is 4.74 Å². The third kappa shape index (κ3) is 2.71. The SMILES string of the molecule is COC(=O)C(C)C(C)N1CCC[C@H]2CCCC[C@H]21. The summed E-state index contributed by atoms with van der Waals surface area (Å²) in [5.41, 5.74) is 0. The van der Waals surface area contributed by atoms with Crippen LogP contribution in [0.15, 0.2) is 0 Å². The lowest BCUT2D eigenvalue weighted by atomic mass is 9.77. The zero-order valence-corrected chi connectivity index (χ0v) is 12.0. The summed E-state index contributed by atoms with van der Waals surface area (Å²) in [4.78, 5) is 14.3. The fourth-order valence-electron chi connectivity index (χ4n) is 3.84. The summed E-state index contributed by atoms with van der Waals surface area (Å²) in [7, 11) is 1.49. The summed E-state index contributed by atoms with van der Waals surface area (Å²) in [6.07, 6.45) is 8.15. The molecule has 0 aromatic rings. The Kier molecular flexibility index (Phi) is 4.66. The van der Waals surface area contributed by atoms with Crippen LogP contribution in [0.4, 0.5) is 0 Å². The Balaban J connectivity index is 2.03. The predicted octanol–water partition coefficient (Wildman–Crippen LogP) is 2.84. The highest BCUT2D eigenvalue weighted by Crippen LogP contribution is 2.37. The molecular formula is C15H27NO2. The highest BCUT2D eigenvalue weighted by Gasteiger charge is 2.38. The van der Waals surface area contributed by atoms with Crippen molar-refractivity contribution in [3.8, 4) is 0 Å². The maximum Gasteiger partial charge on any atom is 0.309 e. The number of piperidine rings is 1. The molecule has 0 aromatic carbocycles. The Hall–Kier alpha value is -0.570. The average molecular weight is 253 g/mol. The fraction of sp³-hybridized carbons (Fsp3) is 0.933. The molecule has 18 heavy (non-hydrogen) atoms. The van der Waals surface area contributed by atoms with Gasteiger partial charge in [0.15, 0.2) is 0 Å². The summed E-state index contributed by atoms with van der Waals surface area (Å²) in [5.74, 6) is 0.788. The highest BCUT2D eigenvalue weighted by atomic mass is 16.5. The molecule has 104 valence electrons. The van der Waals surface area contributed by atoms with Crippen molar-refractivity contribution in [2.24, 2.45) is 11.8 Å². The van der Waals surface area contributed by atoms with E-state index in [1.807, 2.05) is 6.92 Å². The van der Waals surface area contributed by atoms with Crippen LogP contribution in [0.25, 0.3) is 0 Å². The first-order chi connectivity index (χ1) is 8.65. The Bertz CT molecular complexity index is 290. The molecular weight excluding hydrogens is 226 g/mol. The Labute approximate surface area is 111 Å². The van der Waals surface area contributed by atoms with E-state index in [4.69, 9.17) is 4.74 Å². The van der Waals surface area contributed by atoms with Crippen molar-refractivity contribution in [3.05, 3.63) is 0 Å². The Morgan fingerprint density at radius 1 is 1.17 bits per heavy atom. The van der Waals surface area contributed by atoms with Crippen LogP contribution in [0.5, 0.6) is 0 Å². The first kappa shape index (κ1) is 13.9. The van der Waals surface area contributed by atoms with Crippen molar-refractivity contribution in [1.82, 2.24) is 4.90 Å². The van der Waals surface area contributed by atoms with Gasteiger partial charge in [0.05, 0.1) is 13.0 Å². The minimum absolute atomic E-state index is 0.0179. The number of hydrogen-bond donors (Lipinski definition) is 0. The van der Waals surface area contributed by atoms with E-state index in [0.29, 0.717) is 6.04 Å². The number of carbonyl (C=O) groups is 1. The lowest BCUT2D eigenvalue weighted by Gasteiger charge is -2.47. The zero-order chi connectivity index (χ0) is 13.1. The minimum atomic E-state index is -0.0690. The van der Waals surface area contributed by atoms with Crippen molar-refractivity contribution in [2.45, 2.75) is 64.5 Å². The van der Waals surface area contributed by atoms with Gasteiger partial charge in [-0.25, -0.2) is 0 Å². The maximum absolute atomic E-state index is 11.7. The molecule has 0 amide bonds. The third-order valence-electron chi connectivity index (χ3n) is 5.11. The van der Waals surface area contributed by atoms with Gasteiger partial charge in [0.25, 0.3) is 0 Å². The number of methoxy groups -OCH3 is 1. The Morgan fingerprint density at radius 2 is 1.83 bits per heavy atom. The number of fused-ring (bicyclic) bond motifs is 1. The van der Waals surface area contributed by atoms with Gasteiger partial charge in [-0.15, -0.1) is 0 Å².